The van der Waals surface area contributed by atoms with Gasteiger partial charge in [-0.15, -0.1) is 20.4 Å². The van der Waals surface area contributed by atoms with Gasteiger partial charge in [0.15, 0.2) is 43.0 Å². The van der Waals surface area contributed by atoms with E-state index < -0.39 is 53.9 Å². The van der Waals surface area contributed by atoms with Crippen LogP contribution in [0.5, 0.6) is 46.5 Å². The van der Waals surface area contributed by atoms with Crippen LogP contribution in [0.2, 0.25) is 0 Å². The monoisotopic (exact) mass is 1140 g/mol. The average Bonchev–Trinajstić information content (AvgIpc) is 4.21. The third-order valence-corrected chi connectivity index (χ3v) is 16.5. The van der Waals surface area contributed by atoms with E-state index in [0.717, 1.165) is 0 Å². The van der Waals surface area contributed by atoms with E-state index in [1.54, 1.807) is 86.6 Å². The Labute approximate surface area is 461 Å². The maximum absolute atomic E-state index is 13.7. The van der Waals surface area contributed by atoms with Crippen molar-refractivity contribution >= 4 is 19.7 Å². The van der Waals surface area contributed by atoms with Crippen molar-refractivity contribution in [2.75, 3.05) is 56.9 Å². The number of sulfone groups is 2. The summed E-state index contributed by atoms with van der Waals surface area (Å²) in [6.45, 7) is 6.19. The van der Waals surface area contributed by atoms with Crippen LogP contribution in [0.15, 0.2) is 85.2 Å². The third-order valence-electron chi connectivity index (χ3n) is 12.4. The fourth-order valence-electron chi connectivity index (χ4n) is 8.13. The number of hydrogen-bond donors (Lipinski definition) is 2. The largest absolute Gasteiger partial charge is 0.494 e. The number of ether oxygens (including phenoxy) is 8. The number of para-hydroxylation sites is 2. The highest BCUT2D eigenvalue weighted by molar-refractivity contribution is 7.91. The van der Waals surface area contributed by atoms with Gasteiger partial charge in [-0.05, 0) is 64.1 Å². The Bertz CT molecular complexity index is 3410. The predicted molar refractivity (Wildman–Crippen MR) is 289 cm³/mol. The summed E-state index contributed by atoms with van der Waals surface area (Å²) in [5.74, 6) is 1.65. The molecule has 8 rings (SSSR count). The van der Waals surface area contributed by atoms with Gasteiger partial charge in [0.05, 0.1) is 78.8 Å². The molecule has 0 unspecified atom stereocenters. The number of pyridine rings is 2. The molecule has 0 spiro atoms. The highest BCUT2D eigenvalue weighted by atomic mass is 32.2. The van der Waals surface area contributed by atoms with Crippen LogP contribution >= 0.6 is 0 Å². The molecule has 424 valence electrons. The number of benzene rings is 2. The summed E-state index contributed by atoms with van der Waals surface area (Å²) in [7, 11) is 3.50. The van der Waals surface area contributed by atoms with Gasteiger partial charge in [0, 0.05) is 24.5 Å². The van der Waals surface area contributed by atoms with Crippen LogP contribution in [0.4, 0.5) is 0 Å². The molecular formula is C52H60N12O14S2. The lowest BCUT2D eigenvalue weighted by atomic mass is 10.2. The molecule has 8 aromatic rings. The molecule has 0 fully saturated rings. The fourth-order valence-corrected chi connectivity index (χ4v) is 10.8. The summed E-state index contributed by atoms with van der Waals surface area (Å²) in [5, 5.41) is 36.5. The lowest BCUT2D eigenvalue weighted by molar-refractivity contribution is 0.164. The number of nitrogens with zero attached hydrogens (tertiary/aromatic N) is 12. The Morgan fingerprint density at radius 3 is 1.11 bits per heavy atom. The quantitative estimate of drug-likeness (QED) is 0.0902. The van der Waals surface area contributed by atoms with E-state index >= 15 is 0 Å². The minimum Gasteiger partial charge on any atom is -0.494 e. The van der Waals surface area contributed by atoms with E-state index in [1.165, 1.54) is 92.3 Å². The normalized spacial score (nSPS) is 13.0. The molecule has 28 heteroatoms. The van der Waals surface area contributed by atoms with Gasteiger partial charge in [0.2, 0.25) is 23.5 Å². The fraction of sp³-hybridized carbons (Fsp3) is 0.346. The first kappa shape index (κ1) is 59.1. The first-order chi connectivity index (χ1) is 38.3. The first-order valence-electron chi connectivity index (χ1n) is 24.2. The average molecular weight is 1140 g/mol. The van der Waals surface area contributed by atoms with Crippen molar-refractivity contribution in [2.24, 2.45) is 0 Å². The van der Waals surface area contributed by atoms with E-state index in [4.69, 9.17) is 37.9 Å². The minimum atomic E-state index is -4.07. The topological polar surface area (TPSA) is 321 Å². The van der Waals surface area contributed by atoms with Crippen LogP contribution in [0, 0.1) is 13.8 Å². The summed E-state index contributed by atoms with van der Waals surface area (Å²) in [4.78, 5) is 25.6. The summed E-state index contributed by atoms with van der Waals surface area (Å²) in [5.41, 5.74) is 2.63. The molecule has 6 heterocycles. The molecule has 0 aliphatic carbocycles. The molecule has 0 radical (unpaired) electrons. The lowest BCUT2D eigenvalue weighted by Crippen LogP contribution is -2.29. The molecule has 2 aromatic carbocycles. The molecule has 0 amide bonds. The smallest absolute Gasteiger partial charge is 0.238 e. The van der Waals surface area contributed by atoms with Crippen LogP contribution in [0.1, 0.15) is 60.5 Å². The number of hydrogen-bond acceptors (Lipinski definition) is 24. The number of aliphatic hydroxyl groups is 2. The lowest BCUT2D eigenvalue weighted by Gasteiger charge is -2.21. The van der Waals surface area contributed by atoms with Gasteiger partial charge >= 0.3 is 0 Å². The van der Waals surface area contributed by atoms with Crippen molar-refractivity contribution < 1.29 is 64.9 Å². The summed E-state index contributed by atoms with van der Waals surface area (Å²) in [6, 6.07) is 20.5. The molecule has 0 aliphatic rings. The zero-order valence-corrected chi connectivity index (χ0v) is 47.4. The molecule has 0 saturated carbocycles. The maximum atomic E-state index is 13.7. The molecule has 0 bridgehead atoms. The maximum Gasteiger partial charge on any atom is 0.238 e. The van der Waals surface area contributed by atoms with Crippen LogP contribution in [0.3, 0.4) is 0 Å². The van der Waals surface area contributed by atoms with E-state index in [1.807, 2.05) is 0 Å². The molecule has 4 atom stereocenters. The molecule has 0 aliphatic heterocycles. The van der Waals surface area contributed by atoms with Crippen LogP contribution in [-0.4, -0.2) is 154 Å². The van der Waals surface area contributed by atoms with E-state index in [0.29, 0.717) is 68.9 Å². The molecule has 6 aromatic heterocycles. The van der Waals surface area contributed by atoms with E-state index in [-0.39, 0.29) is 46.4 Å². The predicted octanol–water partition coefficient (Wildman–Crippen LogP) is 5.00. The SMILES string of the molecule is COc1cccc(-c2nnc(CS(=O)(=O)[C@@H](C)[C@H](O)c3ncc(C)nc3OC)n2-c2c(OC)cccc2OC)n1.COc1cccc(-c2nnc(CS(=O)(=O)[C@H](C)[C@@H](O)c3ncc(C)nc3OC)n2-c2c(OC)cccc2OC)n1. The van der Waals surface area contributed by atoms with Gasteiger partial charge in [0.1, 0.15) is 80.9 Å². The zero-order chi connectivity index (χ0) is 58.1. The number of methoxy groups -OCH3 is 8. The standard InChI is InChI=1S/2C26H30N6O7S/c2*1-15-13-27-22(26(28-15)39-6)24(33)16(2)40(34,35)14-20-30-31-25(17-9-7-12-21(29-17)38-5)32(20)23-18(36-3)10-8-11-19(23)37-4/h2*7-13,16,24,33H,14H2,1-6H3/t2*16-,24-/m10/s1. The number of aliphatic hydroxyl groups excluding tert-OH is 2. The molecule has 80 heavy (non-hydrogen) atoms. The number of aryl methyl sites for hydroxylation is 2. The van der Waals surface area contributed by atoms with Crippen LogP contribution < -0.4 is 37.9 Å². The first-order valence-corrected chi connectivity index (χ1v) is 27.6. The van der Waals surface area contributed by atoms with E-state index in [9.17, 15) is 27.0 Å². The molecule has 0 saturated heterocycles. The number of aromatic nitrogens is 12. The van der Waals surface area contributed by atoms with Crippen molar-refractivity contribution in [3.63, 3.8) is 0 Å². The Morgan fingerprint density at radius 2 is 0.800 bits per heavy atom. The summed E-state index contributed by atoms with van der Waals surface area (Å²) in [6.07, 6.45) is -0.189. The second-order valence-corrected chi connectivity index (χ2v) is 22.1. The zero-order valence-electron chi connectivity index (χ0n) is 45.8. The summed E-state index contributed by atoms with van der Waals surface area (Å²) < 4.78 is 101. The Balaban J connectivity index is 0.000000231. The Kier molecular flexibility index (Phi) is 18.8. The van der Waals surface area contributed by atoms with Gasteiger partial charge in [-0.2, -0.15) is 0 Å². The van der Waals surface area contributed by atoms with Crippen molar-refractivity contribution in [2.45, 2.75) is 61.9 Å². The van der Waals surface area contributed by atoms with Crippen molar-refractivity contribution in [3.8, 4) is 80.9 Å². The van der Waals surface area contributed by atoms with Gasteiger partial charge < -0.3 is 48.1 Å². The second-order valence-electron chi connectivity index (χ2n) is 17.4. The van der Waals surface area contributed by atoms with Crippen LogP contribution in [0.25, 0.3) is 34.4 Å². The third kappa shape index (κ3) is 12.5. The van der Waals surface area contributed by atoms with E-state index in [2.05, 4.69) is 50.3 Å². The van der Waals surface area contributed by atoms with Gasteiger partial charge in [-0.25, -0.2) is 36.8 Å². The molecular weight excluding hydrogens is 1080 g/mol. The van der Waals surface area contributed by atoms with Crippen LogP contribution in [-0.2, 0) is 31.2 Å². The van der Waals surface area contributed by atoms with Crippen molar-refractivity contribution in [3.05, 3.63) is 120 Å². The second kappa shape index (κ2) is 25.5. The Morgan fingerprint density at radius 1 is 0.463 bits per heavy atom. The minimum absolute atomic E-state index is 0.0123. The number of rotatable bonds is 22. The highest BCUT2D eigenvalue weighted by Crippen LogP contribution is 2.40. The van der Waals surface area contributed by atoms with Crippen molar-refractivity contribution in [1.29, 1.82) is 0 Å². The summed E-state index contributed by atoms with van der Waals surface area (Å²) >= 11 is 0. The Hall–Kier alpha value is -8.60. The van der Waals surface area contributed by atoms with Gasteiger partial charge in [-0.3, -0.25) is 19.1 Å². The highest BCUT2D eigenvalue weighted by Gasteiger charge is 2.37. The van der Waals surface area contributed by atoms with Gasteiger partial charge in [-0.1, -0.05) is 24.3 Å². The molecule has 2 N–H and O–H groups in total. The molecule has 26 nitrogen and oxygen atoms in total. The van der Waals surface area contributed by atoms with Gasteiger partial charge in [0.25, 0.3) is 0 Å². The van der Waals surface area contributed by atoms with Crippen molar-refractivity contribution in [1.82, 2.24) is 59.4 Å².